The molecule has 220 valence electrons. The lowest BCUT2D eigenvalue weighted by molar-refractivity contribution is 0.0693. The van der Waals surface area contributed by atoms with Crippen LogP contribution in [0.15, 0.2) is 18.2 Å². The first-order chi connectivity index (χ1) is 18.0. The highest BCUT2D eigenvalue weighted by Crippen LogP contribution is 2.22. The van der Waals surface area contributed by atoms with E-state index in [0.29, 0.717) is 18.0 Å². The van der Waals surface area contributed by atoms with Gasteiger partial charge in [-0.3, -0.25) is 4.79 Å². The molecule has 0 aliphatic rings. The van der Waals surface area contributed by atoms with Crippen molar-refractivity contribution in [1.82, 2.24) is 0 Å². The van der Waals surface area contributed by atoms with Crippen LogP contribution in [0.1, 0.15) is 171 Å². The largest absolute Gasteiger partial charge is 0.507 e. The summed E-state index contributed by atoms with van der Waals surface area (Å²) in [6.45, 7) is 11.2. The maximum Gasteiger partial charge on any atom is 0.339 e. The van der Waals surface area contributed by atoms with Gasteiger partial charge in [-0.15, -0.1) is 0 Å². The van der Waals surface area contributed by atoms with Gasteiger partial charge in [0.05, 0.1) is 0 Å². The number of hydrogen-bond donors (Lipinski definition) is 3. The Labute approximate surface area is 234 Å². The molecule has 0 spiro atoms. The van der Waals surface area contributed by atoms with Gasteiger partial charge in [-0.05, 0) is 36.5 Å². The van der Waals surface area contributed by atoms with E-state index in [9.17, 15) is 14.7 Å². The number of carbonyl (C=O) groups is 2. The fraction of sp³-hybridized carbons (Fsp3) is 0.758. The molecule has 0 aliphatic heterocycles. The topological polar surface area (TPSA) is 101 Å². The first-order valence-corrected chi connectivity index (χ1v) is 15.4. The molecule has 0 saturated heterocycles. The summed E-state index contributed by atoms with van der Waals surface area (Å²) in [5.74, 6) is -1.60. The molecule has 5 nitrogen and oxygen atoms in total. The Morgan fingerprint density at radius 2 is 1.21 bits per heavy atom. The number of unbranched alkanes of at least 4 members (excludes halogenated alkanes) is 14. The smallest absolute Gasteiger partial charge is 0.339 e. The highest BCUT2D eigenvalue weighted by Gasteiger charge is 2.19. The van der Waals surface area contributed by atoms with Gasteiger partial charge in [0.15, 0.2) is 5.78 Å². The van der Waals surface area contributed by atoms with Crippen LogP contribution in [0, 0.1) is 5.41 Å². The average Bonchev–Trinajstić information content (AvgIpc) is 2.86. The molecule has 0 radical (unpaired) electrons. The lowest BCUT2D eigenvalue weighted by atomic mass is 9.84. The van der Waals surface area contributed by atoms with Crippen molar-refractivity contribution < 1.29 is 19.8 Å². The zero-order valence-electron chi connectivity index (χ0n) is 25.3. The molecule has 0 fully saturated rings. The maximum atomic E-state index is 12.0. The molecule has 1 atom stereocenters. The number of carboxylic acids is 1. The SMILES string of the molecule is CCCCCCCCCC(=O)c1ccc(O)c(C(=O)O)c1.CCCCCCCCCCCC(N)C(C)(C)C. The van der Waals surface area contributed by atoms with E-state index in [2.05, 4.69) is 34.6 Å². The van der Waals surface area contributed by atoms with E-state index in [1.54, 1.807) is 0 Å². The Morgan fingerprint density at radius 1 is 0.763 bits per heavy atom. The molecular weight excluding hydrogens is 474 g/mol. The molecule has 4 N–H and O–H groups in total. The summed E-state index contributed by atoms with van der Waals surface area (Å²) in [6.07, 6.45) is 22.2. The van der Waals surface area contributed by atoms with Crippen molar-refractivity contribution in [2.75, 3.05) is 0 Å². The van der Waals surface area contributed by atoms with E-state index in [-0.39, 0.29) is 22.5 Å². The molecule has 1 rings (SSSR count). The zero-order valence-corrected chi connectivity index (χ0v) is 25.3. The molecule has 1 aromatic carbocycles. The average molecular weight is 534 g/mol. The van der Waals surface area contributed by atoms with E-state index in [4.69, 9.17) is 10.8 Å². The second-order valence-corrected chi connectivity index (χ2v) is 11.9. The molecule has 0 aliphatic carbocycles. The van der Waals surface area contributed by atoms with E-state index < -0.39 is 5.97 Å². The van der Waals surface area contributed by atoms with Crippen LogP contribution in [0.3, 0.4) is 0 Å². The van der Waals surface area contributed by atoms with Crippen LogP contribution in [0.5, 0.6) is 5.75 Å². The number of Topliss-reactive ketones (excluding diaryl/α,β-unsaturated/α-hetero) is 1. The van der Waals surface area contributed by atoms with Gasteiger partial charge in [-0.25, -0.2) is 4.79 Å². The van der Waals surface area contributed by atoms with E-state index >= 15 is 0 Å². The first kappa shape index (κ1) is 36.1. The lowest BCUT2D eigenvalue weighted by Gasteiger charge is -2.26. The van der Waals surface area contributed by atoms with Crippen molar-refractivity contribution in [2.24, 2.45) is 11.1 Å². The van der Waals surface area contributed by atoms with Gasteiger partial charge >= 0.3 is 5.97 Å². The van der Waals surface area contributed by atoms with Crippen molar-refractivity contribution in [3.05, 3.63) is 29.3 Å². The highest BCUT2D eigenvalue weighted by molar-refractivity contribution is 5.99. The minimum Gasteiger partial charge on any atom is -0.507 e. The van der Waals surface area contributed by atoms with Crippen molar-refractivity contribution in [3.8, 4) is 5.75 Å². The molecule has 0 amide bonds. The summed E-state index contributed by atoms with van der Waals surface area (Å²) in [5, 5.41) is 18.3. The normalized spacial score (nSPS) is 12.1. The van der Waals surface area contributed by atoms with Crippen LogP contribution in [0.2, 0.25) is 0 Å². The fourth-order valence-corrected chi connectivity index (χ4v) is 4.38. The fourth-order valence-electron chi connectivity index (χ4n) is 4.38. The number of benzene rings is 1. The number of aromatic hydroxyl groups is 1. The van der Waals surface area contributed by atoms with Gasteiger partial charge in [-0.2, -0.15) is 0 Å². The molecule has 5 heteroatoms. The van der Waals surface area contributed by atoms with Gasteiger partial charge in [0.1, 0.15) is 11.3 Å². The predicted molar refractivity (Wildman–Crippen MR) is 161 cm³/mol. The Kier molecular flexibility index (Phi) is 20.9. The molecule has 1 aromatic rings. The third-order valence-corrected chi connectivity index (χ3v) is 7.29. The van der Waals surface area contributed by atoms with Crippen LogP contribution >= 0.6 is 0 Å². The summed E-state index contributed by atoms with van der Waals surface area (Å²) >= 11 is 0. The summed E-state index contributed by atoms with van der Waals surface area (Å²) in [6, 6.07) is 4.36. The third-order valence-electron chi connectivity index (χ3n) is 7.29. The number of aromatic carboxylic acids is 1. The van der Waals surface area contributed by atoms with Crippen LogP contribution in [0.25, 0.3) is 0 Å². The number of carbonyl (C=O) groups excluding carboxylic acids is 1. The predicted octanol–water partition coefficient (Wildman–Crippen LogP) is 9.69. The number of nitrogens with two attached hydrogens (primary N) is 1. The number of ketones is 1. The second kappa shape index (κ2) is 22.0. The minimum absolute atomic E-state index is 0.0638. The van der Waals surface area contributed by atoms with Crippen molar-refractivity contribution in [1.29, 1.82) is 0 Å². The highest BCUT2D eigenvalue weighted by atomic mass is 16.4. The molecular formula is C33H59NO4. The monoisotopic (exact) mass is 533 g/mol. The molecule has 0 saturated carbocycles. The number of hydrogen-bond acceptors (Lipinski definition) is 4. The number of carboxylic acid groups (broad SMARTS) is 1. The van der Waals surface area contributed by atoms with E-state index in [1.807, 2.05) is 0 Å². The number of rotatable bonds is 20. The molecule has 0 bridgehead atoms. The summed E-state index contributed by atoms with van der Waals surface area (Å²) in [5.41, 5.74) is 6.56. The molecule has 1 unspecified atom stereocenters. The van der Waals surface area contributed by atoms with Crippen molar-refractivity contribution in [3.63, 3.8) is 0 Å². The first-order valence-electron chi connectivity index (χ1n) is 15.4. The summed E-state index contributed by atoms with van der Waals surface area (Å²) < 4.78 is 0. The Morgan fingerprint density at radius 3 is 1.66 bits per heavy atom. The van der Waals surface area contributed by atoms with Crippen molar-refractivity contribution >= 4 is 11.8 Å². The van der Waals surface area contributed by atoms with Crippen LogP contribution in [-0.4, -0.2) is 28.0 Å². The Hall–Kier alpha value is -1.88. The number of phenols is 1. The van der Waals surface area contributed by atoms with Gasteiger partial charge < -0.3 is 15.9 Å². The quantitative estimate of drug-likeness (QED) is 0.114. The zero-order chi connectivity index (χ0) is 28.8. The van der Waals surface area contributed by atoms with E-state index in [1.165, 1.54) is 108 Å². The standard InChI is InChI=1S/C17H24O4.C16H35N/c1-2-3-4-5-6-7-8-9-15(18)13-10-11-16(19)14(12-13)17(20)21;1-5-6-7-8-9-10-11-12-13-14-15(17)16(2,3)4/h10-12,19H,2-9H2,1H3,(H,20,21);15H,5-14,17H2,1-4H3. The van der Waals surface area contributed by atoms with Gasteiger partial charge in [0.2, 0.25) is 0 Å². The van der Waals surface area contributed by atoms with Crippen LogP contribution in [-0.2, 0) is 0 Å². The van der Waals surface area contributed by atoms with Gasteiger partial charge in [-0.1, -0.05) is 131 Å². The third kappa shape index (κ3) is 18.4. The molecule has 0 aromatic heterocycles. The minimum atomic E-state index is -1.22. The molecule has 0 heterocycles. The lowest BCUT2D eigenvalue weighted by Crippen LogP contribution is -2.34. The molecule has 38 heavy (non-hydrogen) atoms. The van der Waals surface area contributed by atoms with Crippen molar-refractivity contribution in [2.45, 2.75) is 156 Å². The van der Waals surface area contributed by atoms with E-state index in [0.717, 1.165) is 19.3 Å². The van der Waals surface area contributed by atoms with Gasteiger partial charge in [0, 0.05) is 18.0 Å². The van der Waals surface area contributed by atoms with Crippen LogP contribution in [0.4, 0.5) is 0 Å². The Bertz CT molecular complexity index is 754. The summed E-state index contributed by atoms with van der Waals surface area (Å²) in [7, 11) is 0. The van der Waals surface area contributed by atoms with Crippen LogP contribution < -0.4 is 5.73 Å². The Balaban J connectivity index is 0.000000739. The second-order valence-electron chi connectivity index (χ2n) is 11.9. The maximum absolute atomic E-state index is 12.0. The van der Waals surface area contributed by atoms with Gasteiger partial charge in [0.25, 0.3) is 0 Å². The summed E-state index contributed by atoms with van der Waals surface area (Å²) in [4.78, 5) is 22.9.